The molecule has 2 aromatic rings. The van der Waals surface area contributed by atoms with Crippen LogP contribution in [0, 0.1) is 0 Å². The number of hydrogen-bond donors (Lipinski definition) is 2. The molecule has 0 unspecified atom stereocenters. The first-order valence-corrected chi connectivity index (χ1v) is 8.77. The van der Waals surface area contributed by atoms with Crippen molar-refractivity contribution in [2.75, 3.05) is 19.7 Å². The van der Waals surface area contributed by atoms with E-state index in [4.69, 9.17) is 39.5 Å². The molecule has 0 aliphatic carbocycles. The van der Waals surface area contributed by atoms with Crippen LogP contribution in [0.2, 0.25) is 15.1 Å². The fourth-order valence-electron chi connectivity index (χ4n) is 1.93. The molecule has 0 spiro atoms. The van der Waals surface area contributed by atoms with Gasteiger partial charge in [0.1, 0.15) is 19.5 Å². The number of benzene rings is 1. The third kappa shape index (κ3) is 6.98. The zero-order valence-corrected chi connectivity index (χ0v) is 18.9. The molecule has 7 nitrogen and oxygen atoms in total. The number of nitrogens with one attached hydrogen (secondary N) is 2. The van der Waals surface area contributed by atoms with Crippen molar-refractivity contribution < 1.29 is 4.74 Å². The first-order chi connectivity index (χ1) is 12.0. The highest BCUT2D eigenvalue weighted by Gasteiger charge is 2.09. The minimum Gasteiger partial charge on any atom is -0.489 e. The third-order valence-corrected chi connectivity index (χ3v) is 3.91. The molecule has 0 bridgehead atoms. The van der Waals surface area contributed by atoms with Gasteiger partial charge >= 0.3 is 0 Å². The zero-order valence-electron chi connectivity index (χ0n) is 14.3. The lowest BCUT2D eigenvalue weighted by atomic mass is 10.3. The second-order valence-electron chi connectivity index (χ2n) is 5.03. The molecule has 0 amide bonds. The Morgan fingerprint density at radius 3 is 2.50 bits per heavy atom. The van der Waals surface area contributed by atoms with Crippen LogP contribution < -0.4 is 15.4 Å². The van der Waals surface area contributed by atoms with Crippen LogP contribution in [0.4, 0.5) is 0 Å². The highest BCUT2D eigenvalue weighted by molar-refractivity contribution is 14.0. The third-order valence-electron chi connectivity index (χ3n) is 3.13. The van der Waals surface area contributed by atoms with Gasteiger partial charge in [0.15, 0.2) is 17.5 Å². The van der Waals surface area contributed by atoms with Crippen LogP contribution in [0.1, 0.15) is 12.7 Å². The molecule has 26 heavy (non-hydrogen) atoms. The smallest absolute Gasteiger partial charge is 0.191 e. The number of aryl methyl sites for hydroxylation is 1. The fourth-order valence-corrected chi connectivity index (χ4v) is 2.86. The van der Waals surface area contributed by atoms with E-state index in [9.17, 15) is 0 Å². The minimum atomic E-state index is 0. The molecule has 0 saturated carbocycles. The number of aromatic nitrogens is 3. The Morgan fingerprint density at radius 1 is 1.23 bits per heavy atom. The number of halogens is 4. The van der Waals surface area contributed by atoms with E-state index in [2.05, 4.69) is 25.8 Å². The zero-order chi connectivity index (χ0) is 18.2. The number of guanidine groups is 1. The lowest BCUT2D eigenvalue weighted by Crippen LogP contribution is -2.39. The Bertz CT molecular complexity index is 717. The first kappa shape index (κ1) is 23.1. The Balaban J connectivity index is 0.00000338. The van der Waals surface area contributed by atoms with Gasteiger partial charge in [0.2, 0.25) is 0 Å². The van der Waals surface area contributed by atoms with Crippen molar-refractivity contribution in [3.63, 3.8) is 0 Å². The van der Waals surface area contributed by atoms with E-state index in [1.165, 1.54) is 0 Å². The molecule has 0 fully saturated rings. The Labute approximate surface area is 184 Å². The molecule has 1 heterocycles. The number of nitrogens with zero attached hydrogens (tertiary/aromatic N) is 4. The molecular formula is C15H20Cl3IN6O. The number of ether oxygens (including phenoxy) is 1. The molecule has 2 rings (SSSR count). The summed E-state index contributed by atoms with van der Waals surface area (Å²) in [4.78, 5) is 4.45. The second kappa shape index (κ2) is 11.7. The van der Waals surface area contributed by atoms with Crippen LogP contribution in [0.15, 0.2) is 23.5 Å². The quantitative estimate of drug-likeness (QED) is 0.247. The predicted molar refractivity (Wildman–Crippen MR) is 116 cm³/mol. The average molecular weight is 534 g/mol. The van der Waals surface area contributed by atoms with Gasteiger partial charge in [-0.15, -0.1) is 34.2 Å². The summed E-state index contributed by atoms with van der Waals surface area (Å²) < 4.78 is 7.45. The van der Waals surface area contributed by atoms with Gasteiger partial charge < -0.3 is 19.9 Å². The van der Waals surface area contributed by atoms with Crippen molar-refractivity contribution in [2.45, 2.75) is 13.5 Å². The van der Waals surface area contributed by atoms with E-state index in [1.54, 1.807) is 18.5 Å². The molecule has 0 saturated heterocycles. The van der Waals surface area contributed by atoms with Crippen LogP contribution in [0.5, 0.6) is 5.75 Å². The topological polar surface area (TPSA) is 76.4 Å². The normalized spacial score (nSPS) is 11.0. The molecule has 144 valence electrons. The first-order valence-electron chi connectivity index (χ1n) is 7.63. The lowest BCUT2D eigenvalue weighted by molar-refractivity contribution is 0.322. The Hall–Kier alpha value is -0.970. The Morgan fingerprint density at radius 2 is 1.92 bits per heavy atom. The summed E-state index contributed by atoms with van der Waals surface area (Å²) >= 11 is 18.0. The molecule has 1 aromatic carbocycles. The van der Waals surface area contributed by atoms with Crippen molar-refractivity contribution in [1.82, 2.24) is 25.4 Å². The average Bonchev–Trinajstić information content (AvgIpc) is 2.96. The highest BCUT2D eigenvalue weighted by Crippen LogP contribution is 2.35. The summed E-state index contributed by atoms with van der Waals surface area (Å²) in [6, 6.07) is 3.17. The van der Waals surface area contributed by atoms with Gasteiger partial charge in [-0.1, -0.05) is 34.8 Å². The van der Waals surface area contributed by atoms with Gasteiger partial charge in [-0.25, -0.2) is 4.99 Å². The van der Waals surface area contributed by atoms with E-state index >= 15 is 0 Å². The van der Waals surface area contributed by atoms with Crippen molar-refractivity contribution in [3.8, 4) is 5.75 Å². The van der Waals surface area contributed by atoms with Crippen molar-refractivity contribution >= 4 is 64.7 Å². The van der Waals surface area contributed by atoms with Crippen molar-refractivity contribution in [3.05, 3.63) is 39.4 Å². The van der Waals surface area contributed by atoms with E-state index in [0.29, 0.717) is 46.5 Å². The SMILES string of the molecule is CCNC(=NCc1nncn1C)NCCOc1c(Cl)cc(Cl)cc1Cl.I. The second-order valence-corrected chi connectivity index (χ2v) is 6.28. The van der Waals surface area contributed by atoms with Gasteiger partial charge in [-0.3, -0.25) is 0 Å². The fraction of sp³-hybridized carbons (Fsp3) is 0.400. The van der Waals surface area contributed by atoms with Gasteiger partial charge in [-0.05, 0) is 19.1 Å². The van der Waals surface area contributed by atoms with Crippen molar-refractivity contribution in [2.24, 2.45) is 12.0 Å². The summed E-state index contributed by atoms with van der Waals surface area (Å²) in [7, 11) is 1.87. The summed E-state index contributed by atoms with van der Waals surface area (Å²) in [6.07, 6.45) is 1.64. The van der Waals surface area contributed by atoms with Gasteiger partial charge in [0, 0.05) is 18.6 Å². The van der Waals surface area contributed by atoms with Crippen molar-refractivity contribution in [1.29, 1.82) is 0 Å². The molecule has 0 aliphatic heterocycles. The highest BCUT2D eigenvalue weighted by atomic mass is 127. The maximum Gasteiger partial charge on any atom is 0.191 e. The maximum absolute atomic E-state index is 6.08. The number of hydrogen-bond acceptors (Lipinski definition) is 4. The van der Waals surface area contributed by atoms with E-state index in [1.807, 2.05) is 18.5 Å². The molecular weight excluding hydrogens is 513 g/mol. The number of rotatable bonds is 7. The lowest BCUT2D eigenvalue weighted by Gasteiger charge is -2.13. The largest absolute Gasteiger partial charge is 0.489 e. The molecule has 0 atom stereocenters. The predicted octanol–water partition coefficient (Wildman–Crippen LogP) is 3.53. The van der Waals surface area contributed by atoms with E-state index < -0.39 is 0 Å². The minimum absolute atomic E-state index is 0. The molecule has 2 N–H and O–H groups in total. The summed E-state index contributed by atoms with van der Waals surface area (Å²) in [6.45, 7) is 4.01. The molecule has 11 heteroatoms. The van der Waals surface area contributed by atoms with Crippen LogP contribution in [-0.2, 0) is 13.6 Å². The summed E-state index contributed by atoms with van der Waals surface area (Å²) in [5.74, 6) is 1.84. The van der Waals surface area contributed by atoms with Gasteiger partial charge in [-0.2, -0.15) is 0 Å². The van der Waals surface area contributed by atoms with Crippen LogP contribution in [0.25, 0.3) is 0 Å². The monoisotopic (exact) mass is 532 g/mol. The summed E-state index contributed by atoms with van der Waals surface area (Å²) in [5, 5.41) is 15.4. The standard InChI is InChI=1S/C15H19Cl3N6O.HI/c1-3-19-15(21-8-13-23-22-9-24(13)2)20-4-5-25-14-11(17)6-10(16)7-12(14)18;/h6-7,9H,3-5,8H2,1-2H3,(H2,19,20,21);1H. The van der Waals surface area contributed by atoms with Crippen LogP contribution >= 0.6 is 58.8 Å². The summed E-state index contributed by atoms with van der Waals surface area (Å²) in [5.41, 5.74) is 0. The maximum atomic E-state index is 6.08. The van der Waals surface area contributed by atoms with Crippen LogP contribution in [0.3, 0.4) is 0 Å². The molecule has 1 aromatic heterocycles. The van der Waals surface area contributed by atoms with Gasteiger partial charge in [0.25, 0.3) is 0 Å². The van der Waals surface area contributed by atoms with E-state index in [-0.39, 0.29) is 24.0 Å². The number of aliphatic imine (C=N–C) groups is 1. The molecule has 0 radical (unpaired) electrons. The van der Waals surface area contributed by atoms with Gasteiger partial charge in [0.05, 0.1) is 16.6 Å². The Kier molecular flexibility index (Phi) is 10.4. The van der Waals surface area contributed by atoms with E-state index in [0.717, 1.165) is 12.4 Å². The molecule has 0 aliphatic rings. The van der Waals surface area contributed by atoms with Crippen LogP contribution in [-0.4, -0.2) is 40.4 Å².